The van der Waals surface area contributed by atoms with Crippen molar-refractivity contribution >= 4 is 11.8 Å². The minimum Gasteiger partial charge on any atom is -0.435 e. The van der Waals surface area contributed by atoms with Crippen molar-refractivity contribution in [2.75, 3.05) is 0 Å². The summed E-state index contributed by atoms with van der Waals surface area (Å²) in [5.74, 6) is -0.458. The van der Waals surface area contributed by atoms with Crippen molar-refractivity contribution in [1.82, 2.24) is 0 Å². The van der Waals surface area contributed by atoms with Crippen LogP contribution in [0.4, 0.5) is 0 Å². The summed E-state index contributed by atoms with van der Waals surface area (Å²) in [6.45, 7) is 7.63. The molecule has 5 aliphatic rings. The van der Waals surface area contributed by atoms with E-state index in [1.54, 1.807) is 0 Å². The summed E-state index contributed by atoms with van der Waals surface area (Å²) in [6, 6.07) is 0. The van der Waals surface area contributed by atoms with Crippen molar-refractivity contribution in [2.45, 2.75) is 90.2 Å². The molecule has 0 aromatic rings. The first kappa shape index (κ1) is 19.3. The fourth-order valence-electron chi connectivity index (χ4n) is 5.47. The van der Waals surface area contributed by atoms with Gasteiger partial charge in [0.1, 0.15) is 5.78 Å². The van der Waals surface area contributed by atoms with Crippen LogP contribution in [0.15, 0.2) is 0 Å². The zero-order valence-corrected chi connectivity index (χ0v) is 16.6. The third kappa shape index (κ3) is 3.12. The second-order valence-corrected chi connectivity index (χ2v) is 8.97. The number of ether oxygens (including phenoxy) is 3. The highest BCUT2D eigenvalue weighted by atomic mass is 17.3. The van der Waals surface area contributed by atoms with Crippen LogP contribution >= 0.6 is 0 Å². The number of esters is 1. The summed E-state index contributed by atoms with van der Waals surface area (Å²) >= 11 is 0. The van der Waals surface area contributed by atoms with Gasteiger partial charge in [-0.05, 0) is 44.9 Å². The lowest BCUT2D eigenvalue weighted by atomic mass is 9.58. The molecule has 0 N–H and O–H groups in total. The van der Waals surface area contributed by atoms with Gasteiger partial charge in [-0.3, -0.25) is 4.79 Å². The van der Waals surface area contributed by atoms with E-state index in [1.165, 1.54) is 6.92 Å². The quantitative estimate of drug-likeness (QED) is 0.546. The molecule has 1 spiro atoms. The molecule has 7 heteroatoms. The zero-order chi connectivity index (χ0) is 19.4. The first-order chi connectivity index (χ1) is 12.7. The maximum Gasteiger partial charge on any atom is 0.308 e. The van der Waals surface area contributed by atoms with Crippen LogP contribution in [0.25, 0.3) is 0 Å². The molecule has 7 nitrogen and oxygen atoms in total. The molecule has 1 saturated carbocycles. The first-order valence-electron chi connectivity index (χ1n) is 10.1. The number of hydrogen-bond donors (Lipinski definition) is 0. The third-order valence-corrected chi connectivity index (χ3v) is 7.03. The van der Waals surface area contributed by atoms with Crippen molar-refractivity contribution in [2.24, 2.45) is 23.7 Å². The van der Waals surface area contributed by atoms with E-state index in [1.807, 2.05) is 13.8 Å². The number of carbonyl (C=O) groups excluding carboxylic acids is 2. The SMILES string of the molecule is CC(=O)CCC(=O)O[C@H]1OC2OC3(C)CCC4[C@H](C)CCC([C@H]1C)[C@@]24OO3. The number of fused-ring (bicyclic) bond motifs is 2. The van der Waals surface area contributed by atoms with Gasteiger partial charge in [-0.25, -0.2) is 9.78 Å². The van der Waals surface area contributed by atoms with Crippen LogP contribution in [0.2, 0.25) is 0 Å². The van der Waals surface area contributed by atoms with E-state index in [4.69, 9.17) is 24.0 Å². The summed E-state index contributed by atoms with van der Waals surface area (Å²) < 4.78 is 18.0. The lowest BCUT2D eigenvalue weighted by Crippen LogP contribution is -2.70. The number of Topliss-reactive ketones (excluding diaryl/α,β-unsaturated/α-hetero) is 1. The maximum absolute atomic E-state index is 12.2. The highest BCUT2D eigenvalue weighted by Gasteiger charge is 2.69. The lowest BCUT2D eigenvalue weighted by Gasteiger charge is -2.59. The smallest absolute Gasteiger partial charge is 0.308 e. The lowest BCUT2D eigenvalue weighted by molar-refractivity contribution is -0.576. The highest BCUT2D eigenvalue weighted by Crippen LogP contribution is 2.60. The normalized spacial score (nSPS) is 48.4. The Labute approximate surface area is 159 Å². The van der Waals surface area contributed by atoms with Gasteiger partial charge in [0.05, 0.1) is 6.42 Å². The fraction of sp³-hybridized carbons (Fsp3) is 0.900. The second kappa shape index (κ2) is 6.79. The van der Waals surface area contributed by atoms with Crippen molar-refractivity contribution in [3.8, 4) is 0 Å². The minimum atomic E-state index is -0.846. The Balaban J connectivity index is 1.58. The van der Waals surface area contributed by atoms with Crippen molar-refractivity contribution in [3.05, 3.63) is 0 Å². The average molecular weight is 382 g/mol. The standard InChI is InChI=1S/C20H30O7/c1-11-5-7-15-13(3)17(23-16(22)8-6-12(2)21)24-18-20(15)14(11)9-10-19(4,25-18)26-27-20/h11,13-15,17-18H,5-10H2,1-4H3/t11-,13-,14?,15?,17+,18?,19?,20-/m1/s1. The van der Waals surface area contributed by atoms with Gasteiger partial charge < -0.3 is 19.0 Å². The second-order valence-electron chi connectivity index (χ2n) is 8.97. The van der Waals surface area contributed by atoms with E-state index < -0.39 is 29.9 Å². The molecule has 0 aromatic heterocycles. The number of rotatable bonds is 4. The molecule has 4 saturated heterocycles. The van der Waals surface area contributed by atoms with Crippen LogP contribution in [0.1, 0.15) is 66.2 Å². The molecule has 4 heterocycles. The molecule has 27 heavy (non-hydrogen) atoms. The zero-order valence-electron chi connectivity index (χ0n) is 16.6. The molecule has 8 atom stereocenters. The molecule has 2 bridgehead atoms. The van der Waals surface area contributed by atoms with E-state index in [2.05, 4.69) is 6.92 Å². The summed E-state index contributed by atoms with van der Waals surface area (Å²) in [5, 5.41) is 0. The molecule has 5 fully saturated rings. The van der Waals surface area contributed by atoms with Gasteiger partial charge in [0.2, 0.25) is 12.1 Å². The van der Waals surface area contributed by atoms with E-state index in [0.29, 0.717) is 5.92 Å². The molecule has 4 unspecified atom stereocenters. The van der Waals surface area contributed by atoms with Gasteiger partial charge in [-0.15, -0.1) is 0 Å². The molecule has 0 amide bonds. The summed E-state index contributed by atoms with van der Waals surface area (Å²) in [5.41, 5.74) is -0.657. The molecule has 1 aliphatic carbocycles. The highest BCUT2D eigenvalue weighted by molar-refractivity contribution is 5.81. The van der Waals surface area contributed by atoms with Crippen LogP contribution in [0, 0.1) is 23.7 Å². The maximum atomic E-state index is 12.2. The summed E-state index contributed by atoms with van der Waals surface area (Å²) in [4.78, 5) is 35.1. The summed E-state index contributed by atoms with van der Waals surface area (Å²) in [7, 11) is 0. The molecular formula is C20H30O7. The molecule has 0 aromatic carbocycles. The predicted molar refractivity (Wildman–Crippen MR) is 92.8 cm³/mol. The van der Waals surface area contributed by atoms with Gasteiger partial charge in [-0.1, -0.05) is 13.8 Å². The van der Waals surface area contributed by atoms with E-state index >= 15 is 0 Å². The molecule has 0 radical (unpaired) electrons. The van der Waals surface area contributed by atoms with Gasteiger partial charge in [0.15, 0.2) is 11.9 Å². The van der Waals surface area contributed by atoms with Gasteiger partial charge >= 0.3 is 5.97 Å². The topological polar surface area (TPSA) is 80.3 Å². The largest absolute Gasteiger partial charge is 0.435 e. The van der Waals surface area contributed by atoms with Crippen LogP contribution in [-0.2, 0) is 33.6 Å². The third-order valence-electron chi connectivity index (χ3n) is 7.03. The van der Waals surface area contributed by atoms with Crippen LogP contribution in [0.5, 0.6) is 0 Å². The molecule has 5 rings (SSSR count). The Kier molecular flexibility index (Phi) is 4.86. The Morgan fingerprint density at radius 2 is 1.85 bits per heavy atom. The number of carbonyl (C=O) groups is 2. The van der Waals surface area contributed by atoms with E-state index in [-0.39, 0.29) is 36.4 Å². The molecular weight excluding hydrogens is 352 g/mol. The van der Waals surface area contributed by atoms with E-state index in [9.17, 15) is 9.59 Å². The molecule has 4 aliphatic heterocycles. The van der Waals surface area contributed by atoms with Crippen molar-refractivity contribution < 1.29 is 33.6 Å². The van der Waals surface area contributed by atoms with Gasteiger partial charge in [0, 0.05) is 24.7 Å². The van der Waals surface area contributed by atoms with Gasteiger partial charge in [0.25, 0.3) is 0 Å². The Hall–Kier alpha value is -1.02. The number of hydrogen-bond acceptors (Lipinski definition) is 7. The van der Waals surface area contributed by atoms with Crippen molar-refractivity contribution in [3.63, 3.8) is 0 Å². The fourth-order valence-corrected chi connectivity index (χ4v) is 5.47. The number of ketones is 1. The first-order valence-corrected chi connectivity index (χ1v) is 10.1. The summed E-state index contributed by atoms with van der Waals surface area (Å²) in [6.07, 6.45) is 2.67. The van der Waals surface area contributed by atoms with Crippen LogP contribution in [-0.4, -0.2) is 35.7 Å². The van der Waals surface area contributed by atoms with Crippen LogP contribution < -0.4 is 0 Å². The Morgan fingerprint density at radius 3 is 2.59 bits per heavy atom. The Bertz CT molecular complexity index is 621. The Morgan fingerprint density at radius 1 is 1.07 bits per heavy atom. The average Bonchev–Trinajstić information content (AvgIpc) is 2.84. The van der Waals surface area contributed by atoms with E-state index in [0.717, 1.165) is 25.7 Å². The van der Waals surface area contributed by atoms with Gasteiger partial charge in [-0.2, -0.15) is 0 Å². The minimum absolute atomic E-state index is 0.0319. The predicted octanol–water partition coefficient (Wildman–Crippen LogP) is 3.11. The van der Waals surface area contributed by atoms with Crippen molar-refractivity contribution in [1.29, 1.82) is 0 Å². The van der Waals surface area contributed by atoms with Crippen LogP contribution in [0.3, 0.4) is 0 Å². The molecule has 152 valence electrons. The monoisotopic (exact) mass is 382 g/mol.